The number of fused-ring (bicyclic) bond motifs is 1. The number of hydrogen-bond donors (Lipinski definition) is 2. The number of nitrogens with zero attached hydrogens (tertiary/aromatic N) is 2. The number of carbonyl (C=O) groups excluding carboxylic acids is 3. The maximum Gasteiger partial charge on any atom is 0.411 e. The Kier molecular flexibility index (Phi) is 5.67. The van der Waals surface area contributed by atoms with E-state index in [2.05, 4.69) is 5.32 Å². The summed E-state index contributed by atoms with van der Waals surface area (Å²) in [6.07, 6.45) is -1.65. The zero-order valence-corrected chi connectivity index (χ0v) is 15.2. The first-order valence-electron chi connectivity index (χ1n) is 8.89. The van der Waals surface area contributed by atoms with Gasteiger partial charge in [-0.25, -0.2) is 9.59 Å². The summed E-state index contributed by atoms with van der Waals surface area (Å²) in [4.78, 5) is 50.2. The molecule has 0 aromatic heterocycles. The number of hydrogen-bond acceptors (Lipinski definition) is 6. The minimum Gasteiger partial charge on any atom is -0.484 e. The summed E-state index contributed by atoms with van der Waals surface area (Å²) < 4.78 is 10.3. The molecule has 28 heavy (non-hydrogen) atoms. The number of carbonyl (C=O) groups is 4. The molecule has 2 unspecified atom stereocenters. The second-order valence-corrected chi connectivity index (χ2v) is 6.44. The van der Waals surface area contributed by atoms with E-state index in [1.165, 1.54) is 0 Å². The quantitative estimate of drug-likeness (QED) is 0.628. The van der Waals surface area contributed by atoms with Crippen molar-refractivity contribution in [3.8, 4) is 5.75 Å². The normalized spacial score (nSPS) is 22.9. The van der Waals surface area contributed by atoms with Gasteiger partial charge in [-0.15, -0.1) is 0 Å². The van der Waals surface area contributed by atoms with Crippen LogP contribution in [-0.4, -0.2) is 76.8 Å². The smallest absolute Gasteiger partial charge is 0.411 e. The van der Waals surface area contributed by atoms with Gasteiger partial charge in [-0.05, 0) is 18.6 Å². The number of carboxylic acids is 1. The Morgan fingerprint density at radius 2 is 1.96 bits per heavy atom. The Morgan fingerprint density at radius 1 is 1.25 bits per heavy atom. The molecule has 0 bridgehead atoms. The molecule has 0 spiro atoms. The van der Waals surface area contributed by atoms with Gasteiger partial charge in [0.15, 0.2) is 6.61 Å². The molecule has 2 aliphatic heterocycles. The molecule has 1 aromatic carbocycles. The Morgan fingerprint density at radius 3 is 2.61 bits per heavy atom. The molecule has 0 aliphatic carbocycles. The molecule has 10 heteroatoms. The Balaban J connectivity index is 1.60. The van der Waals surface area contributed by atoms with E-state index in [9.17, 15) is 24.3 Å². The van der Waals surface area contributed by atoms with Crippen LogP contribution in [0.5, 0.6) is 5.75 Å². The highest BCUT2D eigenvalue weighted by molar-refractivity contribution is 5.98. The number of β-lactam (4-membered cyclic amide) rings is 1. The summed E-state index contributed by atoms with van der Waals surface area (Å²) in [6, 6.07) is 7.19. The molecule has 0 radical (unpaired) electrons. The molecule has 2 heterocycles. The van der Waals surface area contributed by atoms with Crippen molar-refractivity contribution in [2.75, 3.05) is 19.8 Å². The van der Waals surface area contributed by atoms with Crippen molar-refractivity contribution in [2.24, 2.45) is 0 Å². The molecule has 2 N–H and O–H groups in total. The first kappa shape index (κ1) is 19.5. The second kappa shape index (κ2) is 8.15. The molecule has 2 fully saturated rings. The van der Waals surface area contributed by atoms with Crippen LogP contribution in [-0.2, 0) is 19.1 Å². The minimum absolute atomic E-state index is 0.0320. The van der Waals surface area contributed by atoms with Gasteiger partial charge in [0.25, 0.3) is 5.91 Å². The van der Waals surface area contributed by atoms with E-state index in [0.717, 1.165) is 9.80 Å². The maximum absolute atomic E-state index is 12.4. The number of amides is 3. The van der Waals surface area contributed by atoms with Crippen molar-refractivity contribution >= 4 is 23.9 Å². The lowest BCUT2D eigenvalue weighted by Crippen LogP contribution is -2.71. The Bertz CT molecular complexity index is 770. The fourth-order valence-electron chi connectivity index (χ4n) is 3.25. The van der Waals surface area contributed by atoms with Crippen molar-refractivity contribution in [1.82, 2.24) is 15.1 Å². The molecule has 150 valence electrons. The van der Waals surface area contributed by atoms with E-state index in [4.69, 9.17) is 9.47 Å². The molecule has 0 saturated carbocycles. The molecule has 3 amide bonds. The van der Waals surface area contributed by atoms with E-state index in [-0.39, 0.29) is 19.8 Å². The lowest BCUT2D eigenvalue weighted by molar-refractivity contribution is -0.163. The number of nitrogens with one attached hydrogen (secondary N) is 1. The van der Waals surface area contributed by atoms with Gasteiger partial charge in [-0.2, -0.15) is 0 Å². The summed E-state index contributed by atoms with van der Waals surface area (Å²) >= 11 is 0. The Labute approximate surface area is 161 Å². The predicted octanol–water partition coefficient (Wildman–Crippen LogP) is 0.0339. The summed E-state index contributed by atoms with van der Waals surface area (Å²) in [5.41, 5.74) is 0. The van der Waals surface area contributed by atoms with Crippen LogP contribution in [0.4, 0.5) is 4.79 Å². The van der Waals surface area contributed by atoms with Gasteiger partial charge >= 0.3 is 12.1 Å². The predicted molar refractivity (Wildman–Crippen MR) is 94.3 cm³/mol. The van der Waals surface area contributed by atoms with Crippen LogP contribution in [0.3, 0.4) is 0 Å². The van der Waals surface area contributed by atoms with E-state index in [1.54, 1.807) is 24.3 Å². The van der Waals surface area contributed by atoms with Crippen LogP contribution < -0.4 is 10.1 Å². The van der Waals surface area contributed by atoms with Crippen molar-refractivity contribution in [2.45, 2.75) is 31.6 Å². The van der Waals surface area contributed by atoms with Gasteiger partial charge < -0.3 is 24.8 Å². The van der Waals surface area contributed by atoms with Gasteiger partial charge in [0, 0.05) is 6.54 Å². The maximum atomic E-state index is 12.4. The minimum atomic E-state index is -1.43. The standard InChI is InChI=1S/C18H21N3O7/c1-2-8-27-18(26)20-9-12-14(16(23)21(12)15(20)17(24)25)19-13(22)10-28-11-6-4-3-5-7-11/h3-7,12,14-15H,2,8-10H2,1H3,(H,19,22)(H,24,25)/t12?,14-,15?/m0/s1. The largest absolute Gasteiger partial charge is 0.484 e. The third kappa shape index (κ3) is 3.71. The number of benzene rings is 1. The molecule has 10 nitrogen and oxygen atoms in total. The highest BCUT2D eigenvalue weighted by Gasteiger charge is 2.61. The monoisotopic (exact) mass is 391 g/mol. The number of carboxylic acid groups (broad SMARTS) is 1. The zero-order chi connectivity index (χ0) is 20.3. The molecule has 2 aliphatic rings. The molecule has 3 atom stereocenters. The third-order valence-corrected chi connectivity index (χ3v) is 4.52. The average molecular weight is 391 g/mol. The number of rotatable bonds is 7. The van der Waals surface area contributed by atoms with Gasteiger partial charge in [0.05, 0.1) is 12.6 Å². The first-order valence-corrected chi connectivity index (χ1v) is 8.89. The molecule has 3 rings (SSSR count). The van der Waals surface area contributed by atoms with Crippen LogP contribution in [0.25, 0.3) is 0 Å². The topological polar surface area (TPSA) is 125 Å². The third-order valence-electron chi connectivity index (χ3n) is 4.52. The van der Waals surface area contributed by atoms with Gasteiger partial charge in [-0.1, -0.05) is 25.1 Å². The van der Waals surface area contributed by atoms with Crippen molar-refractivity contribution in [3.63, 3.8) is 0 Å². The van der Waals surface area contributed by atoms with Crippen molar-refractivity contribution in [3.05, 3.63) is 30.3 Å². The van der Waals surface area contributed by atoms with Crippen LogP contribution >= 0.6 is 0 Å². The van der Waals surface area contributed by atoms with Crippen molar-refractivity contribution in [1.29, 1.82) is 0 Å². The summed E-state index contributed by atoms with van der Waals surface area (Å²) in [6.45, 7) is 1.64. The van der Waals surface area contributed by atoms with Gasteiger partial charge in [0.1, 0.15) is 11.8 Å². The molecule has 2 saturated heterocycles. The lowest BCUT2D eigenvalue weighted by atomic mass is 9.96. The first-order chi connectivity index (χ1) is 13.4. The summed E-state index contributed by atoms with van der Waals surface area (Å²) in [7, 11) is 0. The molecular formula is C18H21N3O7. The van der Waals surface area contributed by atoms with Crippen LogP contribution in [0.1, 0.15) is 13.3 Å². The highest BCUT2D eigenvalue weighted by Crippen LogP contribution is 2.33. The van der Waals surface area contributed by atoms with E-state index >= 15 is 0 Å². The summed E-state index contributed by atoms with van der Waals surface area (Å²) in [5.74, 6) is -1.89. The van der Waals surface area contributed by atoms with Gasteiger partial charge in [0.2, 0.25) is 12.1 Å². The van der Waals surface area contributed by atoms with E-state index in [0.29, 0.717) is 12.2 Å². The van der Waals surface area contributed by atoms with E-state index < -0.39 is 42.1 Å². The Hall–Kier alpha value is -3.30. The van der Waals surface area contributed by atoms with Crippen LogP contribution in [0.15, 0.2) is 30.3 Å². The molecule has 1 aromatic rings. The lowest BCUT2D eigenvalue weighted by Gasteiger charge is -2.43. The fraction of sp³-hybridized carbons (Fsp3) is 0.444. The highest BCUT2D eigenvalue weighted by atomic mass is 16.6. The number of aliphatic carboxylic acids is 1. The van der Waals surface area contributed by atoms with E-state index in [1.807, 2.05) is 13.0 Å². The average Bonchev–Trinajstić information content (AvgIpc) is 3.06. The number of para-hydroxylation sites is 1. The number of ether oxygens (including phenoxy) is 2. The second-order valence-electron chi connectivity index (χ2n) is 6.44. The SMILES string of the molecule is CCCOC(=O)N1CC2[C@H](NC(=O)COc3ccccc3)C(=O)N2C1C(=O)O. The van der Waals surface area contributed by atoms with Crippen LogP contribution in [0, 0.1) is 0 Å². The molecular weight excluding hydrogens is 370 g/mol. The van der Waals surface area contributed by atoms with Gasteiger partial charge in [-0.3, -0.25) is 14.5 Å². The zero-order valence-electron chi connectivity index (χ0n) is 15.2. The van der Waals surface area contributed by atoms with Crippen LogP contribution in [0.2, 0.25) is 0 Å². The van der Waals surface area contributed by atoms with Crippen molar-refractivity contribution < 1.29 is 33.8 Å². The fourth-order valence-corrected chi connectivity index (χ4v) is 3.25. The summed E-state index contributed by atoms with van der Waals surface area (Å²) in [5, 5.41) is 12.0.